The fourth-order valence-electron chi connectivity index (χ4n) is 3.93. The number of hydrogen-bond acceptors (Lipinski definition) is 3. The molecular formula is C24H20F3NO3. The molecule has 0 radical (unpaired) electrons. The van der Waals surface area contributed by atoms with Crippen molar-refractivity contribution >= 4 is 11.8 Å². The first kappa shape index (κ1) is 20.9. The molecule has 1 amide bonds. The molecule has 1 N–H and O–H groups in total. The summed E-state index contributed by atoms with van der Waals surface area (Å²) in [5.74, 6) is -1.47. The molecule has 0 bridgehead atoms. The highest BCUT2D eigenvalue weighted by atomic mass is 19.1. The molecule has 7 heteroatoms. The van der Waals surface area contributed by atoms with Crippen LogP contribution in [0.1, 0.15) is 18.4 Å². The van der Waals surface area contributed by atoms with Crippen molar-refractivity contribution in [3.8, 4) is 11.1 Å². The van der Waals surface area contributed by atoms with Gasteiger partial charge in [-0.1, -0.05) is 30.3 Å². The zero-order valence-corrected chi connectivity index (χ0v) is 16.5. The van der Waals surface area contributed by atoms with E-state index in [9.17, 15) is 23.1 Å². The van der Waals surface area contributed by atoms with E-state index in [1.807, 2.05) is 0 Å². The van der Waals surface area contributed by atoms with Crippen molar-refractivity contribution in [1.82, 2.24) is 0 Å². The van der Waals surface area contributed by atoms with Gasteiger partial charge in [0, 0.05) is 42.8 Å². The topological polar surface area (TPSA) is 49.8 Å². The highest BCUT2D eigenvalue weighted by Gasteiger charge is 2.43. The SMILES string of the molecule is O=C1O[C@@](CCO)(c2ccccc2F)CCN1c1ccc(F)c(-c2ccc(F)cc2)c1. The minimum atomic E-state index is -1.28. The van der Waals surface area contributed by atoms with Gasteiger partial charge in [0.15, 0.2) is 0 Å². The van der Waals surface area contributed by atoms with Crippen LogP contribution in [0.25, 0.3) is 11.1 Å². The Hall–Kier alpha value is -3.32. The van der Waals surface area contributed by atoms with E-state index in [2.05, 4.69) is 0 Å². The largest absolute Gasteiger partial charge is 0.437 e. The Morgan fingerprint density at radius 3 is 2.39 bits per heavy atom. The molecule has 0 saturated carbocycles. The maximum Gasteiger partial charge on any atom is 0.415 e. The molecule has 0 spiro atoms. The Labute approximate surface area is 177 Å². The van der Waals surface area contributed by atoms with Gasteiger partial charge in [0.25, 0.3) is 0 Å². The lowest BCUT2D eigenvalue weighted by molar-refractivity contribution is -0.0280. The number of carbonyl (C=O) groups is 1. The molecule has 4 rings (SSSR count). The molecular weight excluding hydrogens is 407 g/mol. The summed E-state index contributed by atoms with van der Waals surface area (Å²) in [6.07, 6.45) is -0.430. The van der Waals surface area contributed by atoms with Crippen molar-refractivity contribution in [1.29, 1.82) is 0 Å². The molecule has 31 heavy (non-hydrogen) atoms. The van der Waals surface area contributed by atoms with Crippen molar-refractivity contribution in [2.75, 3.05) is 18.1 Å². The Morgan fingerprint density at radius 1 is 0.968 bits per heavy atom. The third-order valence-corrected chi connectivity index (χ3v) is 5.54. The van der Waals surface area contributed by atoms with E-state index in [1.54, 1.807) is 12.1 Å². The molecule has 1 atom stereocenters. The van der Waals surface area contributed by atoms with Crippen molar-refractivity contribution in [3.05, 3.63) is 89.7 Å². The van der Waals surface area contributed by atoms with Crippen molar-refractivity contribution in [3.63, 3.8) is 0 Å². The standard InChI is InChI=1S/C24H20F3NO3/c25-17-7-5-16(6-8-17)19-15-18(9-10-21(19)26)28-13-11-24(12-14-29,31-23(28)30)20-3-1-2-4-22(20)27/h1-10,15,29H,11-14H2/t24-/m0/s1. The van der Waals surface area contributed by atoms with Gasteiger partial charge in [-0.3, -0.25) is 4.90 Å². The maximum atomic E-state index is 14.4. The van der Waals surface area contributed by atoms with Gasteiger partial charge in [-0.25, -0.2) is 18.0 Å². The number of rotatable bonds is 5. The first-order valence-electron chi connectivity index (χ1n) is 9.85. The van der Waals surface area contributed by atoms with E-state index in [-0.39, 0.29) is 37.1 Å². The van der Waals surface area contributed by atoms with Gasteiger partial charge < -0.3 is 9.84 Å². The van der Waals surface area contributed by atoms with Crippen molar-refractivity contribution in [2.24, 2.45) is 0 Å². The fraction of sp³-hybridized carbons (Fsp3) is 0.208. The van der Waals surface area contributed by atoms with E-state index < -0.39 is 29.1 Å². The molecule has 3 aromatic rings. The molecule has 4 nitrogen and oxygen atoms in total. The predicted molar refractivity (Wildman–Crippen MR) is 110 cm³/mol. The monoisotopic (exact) mass is 427 g/mol. The number of nitrogens with zero attached hydrogens (tertiary/aromatic N) is 1. The maximum absolute atomic E-state index is 14.4. The molecule has 1 saturated heterocycles. The minimum Gasteiger partial charge on any atom is -0.437 e. The van der Waals surface area contributed by atoms with Crippen LogP contribution in [-0.4, -0.2) is 24.4 Å². The average Bonchev–Trinajstić information content (AvgIpc) is 2.76. The summed E-state index contributed by atoms with van der Waals surface area (Å²) >= 11 is 0. The second-order valence-electron chi connectivity index (χ2n) is 7.39. The Bertz CT molecular complexity index is 1100. The van der Waals surface area contributed by atoms with Gasteiger partial charge in [0.05, 0.1) is 0 Å². The summed E-state index contributed by atoms with van der Waals surface area (Å²) in [4.78, 5) is 14.2. The molecule has 1 fully saturated rings. The second-order valence-corrected chi connectivity index (χ2v) is 7.39. The molecule has 1 aliphatic rings. The van der Waals surface area contributed by atoms with Crippen LogP contribution in [0.4, 0.5) is 23.7 Å². The van der Waals surface area contributed by atoms with Gasteiger partial charge in [-0.2, -0.15) is 0 Å². The van der Waals surface area contributed by atoms with Crippen LogP contribution < -0.4 is 4.90 Å². The number of anilines is 1. The summed E-state index contributed by atoms with van der Waals surface area (Å²) in [5, 5.41) is 9.52. The number of halogens is 3. The Morgan fingerprint density at radius 2 is 1.71 bits per heavy atom. The molecule has 160 valence electrons. The van der Waals surface area contributed by atoms with E-state index in [4.69, 9.17) is 4.74 Å². The predicted octanol–water partition coefficient (Wildman–Crippen LogP) is 5.40. The van der Waals surface area contributed by atoms with Gasteiger partial charge in [0.1, 0.15) is 23.1 Å². The summed E-state index contributed by atoms with van der Waals surface area (Å²) in [6, 6.07) is 15.5. The van der Waals surface area contributed by atoms with Crippen LogP contribution in [0.5, 0.6) is 0 Å². The van der Waals surface area contributed by atoms with Crippen LogP contribution in [0.2, 0.25) is 0 Å². The fourth-order valence-corrected chi connectivity index (χ4v) is 3.93. The Balaban J connectivity index is 1.65. The highest BCUT2D eigenvalue weighted by molar-refractivity contribution is 5.90. The third-order valence-electron chi connectivity index (χ3n) is 5.54. The summed E-state index contributed by atoms with van der Waals surface area (Å²) in [5.41, 5.74) is 0.00625. The second kappa shape index (κ2) is 8.43. The molecule has 0 unspecified atom stereocenters. The van der Waals surface area contributed by atoms with Gasteiger partial charge in [-0.15, -0.1) is 0 Å². The first-order valence-corrected chi connectivity index (χ1v) is 9.85. The van der Waals surface area contributed by atoms with Gasteiger partial charge in [-0.05, 0) is 42.0 Å². The molecule has 0 aliphatic carbocycles. The molecule has 1 heterocycles. The van der Waals surface area contributed by atoms with Crippen LogP contribution >= 0.6 is 0 Å². The van der Waals surface area contributed by atoms with E-state index in [0.717, 1.165) is 0 Å². The lowest BCUT2D eigenvalue weighted by Gasteiger charge is -2.41. The zero-order valence-electron chi connectivity index (χ0n) is 16.5. The summed E-state index contributed by atoms with van der Waals surface area (Å²) < 4.78 is 47.8. The van der Waals surface area contributed by atoms with Gasteiger partial charge >= 0.3 is 6.09 Å². The molecule has 0 aromatic heterocycles. The molecule has 1 aliphatic heterocycles. The third kappa shape index (κ3) is 4.01. The number of cyclic esters (lactones) is 1. The van der Waals surface area contributed by atoms with E-state index in [1.165, 1.54) is 59.5 Å². The number of aliphatic hydroxyl groups excluding tert-OH is 1. The number of carbonyl (C=O) groups excluding carboxylic acids is 1. The number of aliphatic hydroxyl groups is 1. The quantitative estimate of drug-likeness (QED) is 0.594. The lowest BCUT2D eigenvalue weighted by atomic mass is 9.85. The van der Waals surface area contributed by atoms with Crippen LogP contribution in [0.3, 0.4) is 0 Å². The Kier molecular flexibility index (Phi) is 5.69. The lowest BCUT2D eigenvalue weighted by Crippen LogP contribution is -2.49. The number of benzene rings is 3. The normalized spacial score (nSPS) is 18.7. The zero-order chi connectivity index (χ0) is 22.0. The minimum absolute atomic E-state index is 0.0533. The van der Waals surface area contributed by atoms with Crippen molar-refractivity contribution < 1.29 is 27.8 Å². The van der Waals surface area contributed by atoms with E-state index in [0.29, 0.717) is 11.3 Å². The number of ether oxygens (including phenoxy) is 1. The molecule has 3 aromatic carbocycles. The van der Waals surface area contributed by atoms with Crippen LogP contribution in [0, 0.1) is 17.5 Å². The number of amides is 1. The van der Waals surface area contributed by atoms with Crippen molar-refractivity contribution in [2.45, 2.75) is 18.4 Å². The highest BCUT2D eigenvalue weighted by Crippen LogP contribution is 2.40. The van der Waals surface area contributed by atoms with Gasteiger partial charge in [0.2, 0.25) is 0 Å². The average molecular weight is 427 g/mol. The smallest absolute Gasteiger partial charge is 0.415 e. The van der Waals surface area contributed by atoms with Crippen LogP contribution in [0.15, 0.2) is 66.7 Å². The summed E-state index contributed by atoms with van der Waals surface area (Å²) in [6.45, 7) is -0.103. The first-order chi connectivity index (χ1) is 14.9. The van der Waals surface area contributed by atoms with Crippen LogP contribution in [-0.2, 0) is 10.3 Å². The van der Waals surface area contributed by atoms with E-state index >= 15 is 0 Å². The summed E-state index contributed by atoms with van der Waals surface area (Å²) in [7, 11) is 0. The number of hydrogen-bond donors (Lipinski definition) is 1.